The van der Waals surface area contributed by atoms with Crippen molar-refractivity contribution in [3.05, 3.63) is 29.3 Å². The van der Waals surface area contributed by atoms with Crippen LogP contribution in [0.25, 0.3) is 0 Å². The Kier molecular flexibility index (Phi) is 3.90. The Morgan fingerprint density at radius 3 is 2.84 bits per heavy atom. The number of fused-ring (bicyclic) bond motifs is 5. The molecular weight excluding hydrogens is 344 g/mol. The first kappa shape index (κ1) is 17.2. The Labute approximate surface area is 147 Å². The van der Waals surface area contributed by atoms with Crippen LogP contribution in [-0.2, 0) is 20.9 Å². The van der Waals surface area contributed by atoms with Gasteiger partial charge in [-0.2, -0.15) is 8.42 Å². The number of nitrogens with two attached hydrogens (primary N) is 1. The van der Waals surface area contributed by atoms with Crippen LogP contribution in [0.5, 0.6) is 5.75 Å². The standard InChI is InChI=1S/C18H24FNO4S/c1-18-7-6-13-12-5-3-11(21)8-10(12)2-4-14(13)15(18)9-16(19)17(18)24-25(20,22)23/h3,5,8,13-17,21H,2,4,6-7,9H2,1H3,(H2,20,22,23)/t13-,14-,15+,16-,17+,18+/m1/s1/i19-1. The summed E-state index contributed by atoms with van der Waals surface area (Å²) in [6, 6.07) is 5.54. The summed E-state index contributed by atoms with van der Waals surface area (Å²) in [4.78, 5) is 0. The highest BCUT2D eigenvalue weighted by Crippen LogP contribution is 2.62. The molecule has 6 atom stereocenters. The zero-order valence-electron chi connectivity index (χ0n) is 14.2. The van der Waals surface area contributed by atoms with Crippen molar-refractivity contribution in [2.45, 2.75) is 57.2 Å². The second-order valence-electron chi connectivity index (χ2n) is 8.10. The van der Waals surface area contributed by atoms with E-state index in [0.29, 0.717) is 24.7 Å². The molecule has 3 N–H and O–H groups in total. The van der Waals surface area contributed by atoms with E-state index in [-0.39, 0.29) is 11.7 Å². The van der Waals surface area contributed by atoms with Gasteiger partial charge in [-0.15, -0.1) is 0 Å². The molecule has 0 radical (unpaired) electrons. The SMILES string of the molecule is C[C@]12CC[C@@H]3c4ccc(O)cc4CC[C@H]3[C@@H]1C[C@@H]([18F])[C@@H]2OS(N)(=O)=O. The molecule has 3 aliphatic carbocycles. The van der Waals surface area contributed by atoms with E-state index < -0.39 is 28.0 Å². The lowest BCUT2D eigenvalue weighted by molar-refractivity contribution is -0.0195. The van der Waals surface area contributed by atoms with Crippen LogP contribution >= 0.6 is 0 Å². The minimum atomic E-state index is -4.18. The average molecular weight is 368 g/mol. The second-order valence-corrected chi connectivity index (χ2v) is 9.28. The number of phenolic OH excluding ortho intramolecular Hbond substituents is 1. The summed E-state index contributed by atoms with van der Waals surface area (Å²) in [6.07, 6.45) is 1.38. The summed E-state index contributed by atoms with van der Waals surface area (Å²) in [5, 5.41) is 14.7. The maximum Gasteiger partial charge on any atom is 0.333 e. The number of aromatic hydroxyl groups is 1. The molecule has 138 valence electrons. The molecule has 0 aromatic heterocycles. The number of aryl methyl sites for hydroxylation is 1. The van der Waals surface area contributed by atoms with Gasteiger partial charge in [-0.05, 0) is 73.1 Å². The minimum absolute atomic E-state index is 0.0787. The molecule has 3 aliphatic rings. The summed E-state index contributed by atoms with van der Waals surface area (Å²) in [5.41, 5.74) is 1.92. The number of rotatable bonds is 2. The van der Waals surface area contributed by atoms with E-state index >= 15 is 0 Å². The molecule has 1 aromatic rings. The van der Waals surface area contributed by atoms with Crippen LogP contribution in [0.4, 0.5) is 4.39 Å². The smallest absolute Gasteiger partial charge is 0.333 e. The van der Waals surface area contributed by atoms with Crippen LogP contribution < -0.4 is 5.14 Å². The number of alkyl halides is 1. The van der Waals surface area contributed by atoms with Gasteiger partial charge in [0, 0.05) is 5.41 Å². The molecule has 0 heterocycles. The van der Waals surface area contributed by atoms with Gasteiger partial charge < -0.3 is 5.11 Å². The van der Waals surface area contributed by atoms with Crippen molar-refractivity contribution in [3.8, 4) is 5.75 Å². The largest absolute Gasteiger partial charge is 0.508 e. The Morgan fingerprint density at radius 1 is 1.36 bits per heavy atom. The molecule has 0 amide bonds. The van der Waals surface area contributed by atoms with Crippen molar-refractivity contribution in [1.29, 1.82) is 0 Å². The fourth-order valence-corrected chi connectivity index (χ4v) is 6.44. The van der Waals surface area contributed by atoms with Crippen LogP contribution in [0.15, 0.2) is 18.2 Å². The van der Waals surface area contributed by atoms with Crippen molar-refractivity contribution < 1.29 is 22.1 Å². The predicted molar refractivity (Wildman–Crippen MR) is 91.0 cm³/mol. The summed E-state index contributed by atoms with van der Waals surface area (Å²) in [6.45, 7) is 1.95. The first-order valence-electron chi connectivity index (χ1n) is 8.86. The molecule has 1 aromatic carbocycles. The number of hydrogen-bond donors (Lipinski definition) is 2. The van der Waals surface area contributed by atoms with Gasteiger partial charge in [0.1, 0.15) is 18.0 Å². The lowest BCUT2D eigenvalue weighted by Crippen LogP contribution is -2.46. The molecule has 0 spiro atoms. The van der Waals surface area contributed by atoms with Crippen LogP contribution in [0.1, 0.15) is 49.7 Å². The van der Waals surface area contributed by atoms with Crippen LogP contribution in [0, 0.1) is 17.3 Å². The molecule has 0 unspecified atom stereocenters. The zero-order chi connectivity index (χ0) is 18.0. The maximum absolute atomic E-state index is 14.7. The van der Waals surface area contributed by atoms with E-state index in [1.54, 1.807) is 6.07 Å². The van der Waals surface area contributed by atoms with Gasteiger partial charge >= 0.3 is 10.3 Å². The van der Waals surface area contributed by atoms with E-state index in [0.717, 1.165) is 19.3 Å². The third-order valence-corrected chi connectivity index (χ3v) is 7.32. The van der Waals surface area contributed by atoms with Crippen LogP contribution in [0.3, 0.4) is 0 Å². The van der Waals surface area contributed by atoms with Crippen molar-refractivity contribution in [3.63, 3.8) is 0 Å². The zero-order valence-corrected chi connectivity index (χ0v) is 15.0. The second kappa shape index (κ2) is 5.66. The number of halogens is 1. The van der Waals surface area contributed by atoms with Gasteiger partial charge in [-0.25, -0.2) is 9.53 Å². The highest BCUT2D eigenvalue weighted by molar-refractivity contribution is 7.84. The molecule has 0 bridgehead atoms. The topological polar surface area (TPSA) is 89.6 Å². The van der Waals surface area contributed by atoms with E-state index in [4.69, 9.17) is 9.32 Å². The van der Waals surface area contributed by atoms with E-state index in [1.165, 1.54) is 11.1 Å². The maximum atomic E-state index is 14.7. The molecule has 4 rings (SSSR count). The summed E-state index contributed by atoms with van der Waals surface area (Å²) in [5.74, 6) is 1.00. The van der Waals surface area contributed by atoms with Crippen LogP contribution in [-0.4, -0.2) is 25.8 Å². The molecular formula is C18H24FNO4S. The minimum Gasteiger partial charge on any atom is -0.508 e. The quantitative estimate of drug-likeness (QED) is 0.840. The molecule has 2 fully saturated rings. The molecule has 7 heteroatoms. The lowest BCUT2D eigenvalue weighted by atomic mass is 9.55. The van der Waals surface area contributed by atoms with Gasteiger partial charge in [-0.1, -0.05) is 13.0 Å². The Balaban J connectivity index is 1.66. The average Bonchev–Trinajstić information content (AvgIpc) is 2.77. The van der Waals surface area contributed by atoms with Gasteiger partial charge in [0.05, 0.1) is 0 Å². The van der Waals surface area contributed by atoms with Crippen molar-refractivity contribution in [2.24, 2.45) is 22.4 Å². The van der Waals surface area contributed by atoms with Crippen molar-refractivity contribution in [2.75, 3.05) is 0 Å². The normalized spacial score (nSPS) is 40.2. The Morgan fingerprint density at radius 2 is 2.12 bits per heavy atom. The van der Waals surface area contributed by atoms with Gasteiger partial charge in [0.15, 0.2) is 0 Å². The molecule has 0 aliphatic heterocycles. The summed E-state index contributed by atoms with van der Waals surface area (Å²) >= 11 is 0. The highest BCUT2D eigenvalue weighted by atomic mass is 32.2. The fraction of sp³-hybridized carbons (Fsp3) is 0.667. The van der Waals surface area contributed by atoms with Crippen molar-refractivity contribution in [1.82, 2.24) is 0 Å². The number of phenols is 1. The summed E-state index contributed by atoms with van der Waals surface area (Å²) < 4.78 is 42.5. The number of benzene rings is 1. The van der Waals surface area contributed by atoms with Gasteiger partial charge in [0.25, 0.3) is 0 Å². The summed E-state index contributed by atoms with van der Waals surface area (Å²) in [7, 11) is -4.18. The van der Waals surface area contributed by atoms with E-state index in [9.17, 15) is 17.9 Å². The van der Waals surface area contributed by atoms with Gasteiger partial charge in [0.2, 0.25) is 0 Å². The lowest BCUT2D eigenvalue weighted by Gasteiger charge is -2.50. The van der Waals surface area contributed by atoms with Crippen LogP contribution in [0.2, 0.25) is 0 Å². The Hall–Kier alpha value is -1.18. The molecule has 0 saturated heterocycles. The Bertz CT molecular complexity index is 798. The first-order chi connectivity index (χ1) is 11.7. The van der Waals surface area contributed by atoms with Crippen molar-refractivity contribution >= 4 is 10.3 Å². The van der Waals surface area contributed by atoms with E-state index in [2.05, 4.69) is 0 Å². The molecule has 2 saturated carbocycles. The number of hydrogen-bond acceptors (Lipinski definition) is 4. The fourth-order valence-electron chi connectivity index (χ4n) is 5.81. The third kappa shape index (κ3) is 2.76. The van der Waals surface area contributed by atoms with Gasteiger partial charge in [-0.3, -0.25) is 4.18 Å². The molecule has 25 heavy (non-hydrogen) atoms. The highest BCUT2D eigenvalue weighted by Gasteiger charge is 2.60. The van der Waals surface area contributed by atoms with E-state index in [1.807, 2.05) is 19.1 Å². The molecule has 5 nitrogen and oxygen atoms in total. The monoisotopic (exact) mass is 368 g/mol. The predicted octanol–water partition coefficient (Wildman–Crippen LogP) is 2.79. The third-order valence-electron chi connectivity index (χ3n) is 6.84. The first-order valence-corrected chi connectivity index (χ1v) is 10.3.